The topological polar surface area (TPSA) is 14.8 Å². The van der Waals surface area contributed by atoms with Crippen LogP contribution in [0.1, 0.15) is 26.0 Å². The van der Waals surface area contributed by atoms with Crippen molar-refractivity contribution in [2.45, 2.75) is 0 Å². The van der Waals surface area contributed by atoms with Gasteiger partial charge in [-0.05, 0) is 94.9 Å². The Morgan fingerprint density at radius 2 is 0.895 bits per heavy atom. The number of hydrogen-bond acceptors (Lipinski definition) is 0. The second kappa shape index (κ2) is 12.5. The maximum Gasteiger partial charge on any atom is 0.0782 e. The summed E-state index contributed by atoms with van der Waals surface area (Å²) in [6, 6.07) is 16.6. The van der Waals surface area contributed by atoms with Crippen LogP contribution in [0.4, 0.5) is 0 Å². The molecule has 0 atom stereocenters. The first-order valence-corrected chi connectivity index (χ1v) is 18.1. The minimum Gasteiger partial charge on any atom is -0.309 e. The quantitative estimate of drug-likeness (QED) is 0.167. The summed E-state index contributed by atoms with van der Waals surface area (Å²) in [4.78, 5) is 0. The van der Waals surface area contributed by atoms with Crippen LogP contribution in [0.15, 0.2) is 212 Å². The Bertz CT molecular complexity index is 4600. The molecule has 0 unspecified atom stereocenters. The van der Waals surface area contributed by atoms with Crippen LogP contribution in [-0.4, -0.2) is 13.7 Å². The van der Waals surface area contributed by atoms with Gasteiger partial charge in [-0.25, -0.2) is 0 Å². The molecule has 0 amide bonds. The van der Waals surface area contributed by atoms with Crippen LogP contribution in [0.3, 0.4) is 0 Å². The van der Waals surface area contributed by atoms with Gasteiger partial charge in [0.15, 0.2) is 0 Å². The van der Waals surface area contributed by atoms with Crippen LogP contribution in [0.25, 0.3) is 105 Å². The molecule has 0 aliphatic rings. The summed E-state index contributed by atoms with van der Waals surface area (Å²) < 4.78 is 178. The molecule has 0 saturated heterocycles. The van der Waals surface area contributed by atoms with Crippen molar-refractivity contribution in [2.24, 2.45) is 0 Å². The number of para-hydroxylation sites is 5. The van der Waals surface area contributed by atoms with E-state index in [1.165, 1.54) is 33.4 Å². The third-order valence-electron chi connectivity index (χ3n) is 10.4. The normalized spacial score (nSPS) is 16.5. The first-order chi connectivity index (χ1) is 36.2. The highest BCUT2D eigenvalue weighted by Crippen LogP contribution is 2.41. The zero-order valence-corrected chi connectivity index (χ0v) is 29.6. The largest absolute Gasteiger partial charge is 0.309 e. The lowest BCUT2D eigenvalue weighted by Crippen LogP contribution is -2.00. The van der Waals surface area contributed by atoms with Gasteiger partial charge < -0.3 is 13.7 Å². The average molecular weight is 745 g/mol. The summed E-state index contributed by atoms with van der Waals surface area (Å²) in [6.07, 6.45) is 0. The van der Waals surface area contributed by atoms with Crippen molar-refractivity contribution in [3.8, 4) is 39.3 Å². The molecule has 0 N–H and O–H groups in total. The first-order valence-electron chi connectivity index (χ1n) is 27.6. The fraction of sp³-hybridized carbons (Fsp3) is 0. The van der Waals surface area contributed by atoms with Gasteiger partial charge >= 0.3 is 0 Å². The highest BCUT2D eigenvalue weighted by molar-refractivity contribution is 6.16. The number of hydrogen-bond donors (Lipinski definition) is 0. The van der Waals surface area contributed by atoms with Gasteiger partial charge in [-0.3, -0.25) is 0 Å². The van der Waals surface area contributed by atoms with Gasteiger partial charge in [0.05, 0.1) is 64.8 Å². The van der Waals surface area contributed by atoms with E-state index in [-0.39, 0.29) is 60.4 Å². The van der Waals surface area contributed by atoms with Gasteiger partial charge in [0.1, 0.15) is 0 Å². The zero-order chi connectivity index (χ0) is 54.0. The molecular formula is C54H35N3. The predicted molar refractivity (Wildman–Crippen MR) is 240 cm³/mol. The Kier molecular flexibility index (Phi) is 4.01. The molecule has 0 fully saturated rings. The van der Waals surface area contributed by atoms with Crippen LogP contribution in [0, 0.1) is 0 Å². The Balaban J connectivity index is 1.22. The molecule has 3 nitrogen and oxygen atoms in total. The number of nitrogens with zero attached hydrogens (tertiary/aromatic N) is 3. The fourth-order valence-electron chi connectivity index (χ4n) is 8.00. The average Bonchev–Trinajstić information content (AvgIpc) is 4.30. The van der Waals surface area contributed by atoms with E-state index in [0.29, 0.717) is 11.2 Å². The van der Waals surface area contributed by atoms with Gasteiger partial charge in [-0.15, -0.1) is 0 Å². The summed E-state index contributed by atoms with van der Waals surface area (Å²) in [5, 5.41) is 0.641. The molecule has 12 aromatic rings. The lowest BCUT2D eigenvalue weighted by atomic mass is 10.0. The van der Waals surface area contributed by atoms with E-state index in [1.807, 2.05) is 65.2 Å². The van der Waals surface area contributed by atoms with Crippen LogP contribution in [0.2, 0.25) is 0 Å². The minimum absolute atomic E-state index is 0.0647. The molecule has 57 heavy (non-hydrogen) atoms. The van der Waals surface area contributed by atoms with Crippen molar-refractivity contribution >= 4 is 65.4 Å². The lowest BCUT2D eigenvalue weighted by Gasteiger charge is -2.14. The first kappa shape index (κ1) is 18.3. The van der Waals surface area contributed by atoms with Crippen LogP contribution in [0.5, 0.6) is 0 Å². The number of rotatable bonds is 5. The number of benzene rings is 9. The smallest absolute Gasteiger partial charge is 0.0782 e. The molecule has 3 heterocycles. The number of aromatic nitrogens is 3. The molecule has 9 aromatic carbocycles. The molecule has 3 heteroatoms. The van der Waals surface area contributed by atoms with Crippen molar-refractivity contribution in [1.29, 1.82) is 0 Å². The summed E-state index contributed by atoms with van der Waals surface area (Å²) in [5.74, 6) is 0. The van der Waals surface area contributed by atoms with Gasteiger partial charge in [0.25, 0.3) is 0 Å². The van der Waals surface area contributed by atoms with Crippen LogP contribution >= 0.6 is 0 Å². The van der Waals surface area contributed by atoms with E-state index in [4.69, 9.17) is 12.3 Å². The van der Waals surface area contributed by atoms with Gasteiger partial charge in [0, 0.05) is 43.7 Å². The van der Waals surface area contributed by atoms with E-state index in [0.717, 1.165) is 22.0 Å². The van der Waals surface area contributed by atoms with E-state index in [9.17, 15) is 13.7 Å². The predicted octanol–water partition coefficient (Wildman–Crippen LogP) is 14.3. The third-order valence-corrected chi connectivity index (χ3v) is 10.4. The lowest BCUT2D eigenvalue weighted by molar-refractivity contribution is 1.13. The zero-order valence-electron chi connectivity index (χ0n) is 48.6. The van der Waals surface area contributed by atoms with E-state index in [2.05, 4.69) is 0 Å². The van der Waals surface area contributed by atoms with E-state index >= 15 is 0 Å². The molecular weight excluding hydrogens is 691 g/mol. The van der Waals surface area contributed by atoms with Gasteiger partial charge in [0.2, 0.25) is 0 Å². The minimum atomic E-state index is -0.748. The standard InChI is InChI=1S/C54H35N3/c1-3-15-36(16-4-1)37-17-13-20-41(33-37)55-48-25-10-8-22-43(48)46-34-38(29-31-51(46)55)39-30-32-52-47(35-39)44-23-9-12-27-50(44)57(52)53-28-14-24-45-42-21-7-11-26-49(42)56(54(45)53)40-18-5-2-6-19-40/h1-35H/i1D,3D,4D,8D,9D,10D,12D,15D,16D,22D,23D,25D,27D,29D,30D,31D,32D,34D,35D. The Morgan fingerprint density at radius 3 is 1.65 bits per heavy atom. The van der Waals surface area contributed by atoms with E-state index in [1.54, 1.807) is 12.1 Å². The molecule has 3 aromatic heterocycles. The van der Waals surface area contributed by atoms with E-state index < -0.39 is 126 Å². The summed E-state index contributed by atoms with van der Waals surface area (Å²) in [6.45, 7) is 0. The van der Waals surface area contributed by atoms with Crippen molar-refractivity contribution in [3.63, 3.8) is 0 Å². The Labute approximate surface area is 356 Å². The second-order valence-corrected chi connectivity index (χ2v) is 13.5. The molecule has 0 aliphatic heterocycles. The van der Waals surface area contributed by atoms with Gasteiger partial charge in [-0.2, -0.15) is 0 Å². The monoisotopic (exact) mass is 744 g/mol. The third kappa shape index (κ3) is 4.79. The maximum absolute atomic E-state index is 10.1. The van der Waals surface area contributed by atoms with Crippen LogP contribution in [-0.2, 0) is 0 Å². The molecule has 0 bridgehead atoms. The second-order valence-electron chi connectivity index (χ2n) is 13.5. The maximum atomic E-state index is 10.1. The molecule has 0 spiro atoms. The van der Waals surface area contributed by atoms with Crippen LogP contribution < -0.4 is 0 Å². The highest BCUT2D eigenvalue weighted by Gasteiger charge is 2.21. The Hall–Kier alpha value is -7.62. The van der Waals surface area contributed by atoms with Crippen molar-refractivity contribution in [1.82, 2.24) is 13.7 Å². The molecule has 266 valence electrons. The Morgan fingerprint density at radius 1 is 0.316 bits per heavy atom. The molecule has 0 aliphatic carbocycles. The molecule has 0 saturated carbocycles. The summed E-state index contributed by atoms with van der Waals surface area (Å²) in [5.41, 5.74) is 0.644. The molecule has 0 radical (unpaired) electrons. The highest BCUT2D eigenvalue weighted by atomic mass is 15.1. The van der Waals surface area contributed by atoms with Gasteiger partial charge in [-0.1, -0.05) is 139 Å². The molecule has 12 rings (SSSR count). The number of fused-ring (bicyclic) bond motifs is 9. The van der Waals surface area contributed by atoms with Crippen molar-refractivity contribution in [3.05, 3.63) is 212 Å². The summed E-state index contributed by atoms with van der Waals surface area (Å²) in [7, 11) is 0. The summed E-state index contributed by atoms with van der Waals surface area (Å²) >= 11 is 0. The van der Waals surface area contributed by atoms with Crippen molar-refractivity contribution in [2.75, 3.05) is 0 Å². The SMILES string of the molecule is [2H]c1c([2H])c([2H])c(-c2cccc(-n3c4c([2H])c([2H])c([2H])c([2H])c4c4c([2H])c(-c5c([2H])c([2H])c6c(c5[2H])c5c([2H])c([2H])c([2H])c([2H])c5n6-c5cccc6c7ccccc7n(-c7ccccc7)c56)c([2H])c([2H])c43)c2)c([2H])c1[2H]. The fourth-order valence-corrected chi connectivity index (χ4v) is 8.00. The van der Waals surface area contributed by atoms with Crippen molar-refractivity contribution < 1.29 is 26.0 Å².